The molecule has 12 aliphatic rings. The van der Waals surface area contributed by atoms with E-state index in [1.54, 1.807) is 67.2 Å². The molecule has 12 fully saturated rings. The van der Waals surface area contributed by atoms with Crippen LogP contribution in [-0.4, -0.2) is 321 Å². The molecule has 32 nitrogen and oxygen atoms in total. The molecular formula is C102H194ClN11O21Ti. The van der Waals surface area contributed by atoms with Gasteiger partial charge in [-0.3, -0.25) is 24.0 Å². The second-order valence-electron chi connectivity index (χ2n) is 46.3. The Morgan fingerprint density at radius 3 is 0.838 bits per heavy atom. The Kier molecular flexibility index (Phi) is 58.0. The summed E-state index contributed by atoms with van der Waals surface area (Å²) in [5.41, 5.74) is 4.00. The second kappa shape index (κ2) is 60.4. The van der Waals surface area contributed by atoms with E-state index < -0.39 is 22.2 Å². The Morgan fingerprint density at radius 2 is 0.618 bits per heavy atom. The number of carbonyl (C=O) groups excluding carboxylic acids is 10. The molecule has 0 aromatic rings. The number of nitrogens with zero attached hydrogens (tertiary/aromatic N) is 7. The summed E-state index contributed by atoms with van der Waals surface area (Å²) in [6, 6.07) is 1.85. The molecule has 136 heavy (non-hydrogen) atoms. The largest absolute Gasteiger partial charge is 0.466 e. The fraction of sp³-hybridized carbons (Fsp3) is 0.902. The summed E-state index contributed by atoms with van der Waals surface area (Å²) in [4.78, 5) is 132. The molecule has 4 saturated carbocycles. The van der Waals surface area contributed by atoms with Crippen molar-refractivity contribution in [1.29, 1.82) is 0 Å². The Labute approximate surface area is 841 Å². The number of nitrogens with one attached hydrogen (secondary N) is 3. The van der Waals surface area contributed by atoms with E-state index >= 15 is 0 Å². The number of likely N-dealkylation sites (tertiary alicyclic amines) is 7. The number of hydrogen-bond acceptors (Lipinski definition) is 26. The Hall–Kier alpha value is -5.26. The number of nitrogens with two attached hydrogens (primary N) is 1. The Balaban J connectivity index is 0.00000159. The first-order chi connectivity index (χ1) is 61.6. The van der Waals surface area contributed by atoms with Gasteiger partial charge in [0.05, 0.1) is 38.3 Å². The van der Waals surface area contributed by atoms with Crippen LogP contribution in [0.25, 0.3) is 0 Å². The van der Waals surface area contributed by atoms with Crippen molar-refractivity contribution in [3.05, 3.63) is 0 Å². The summed E-state index contributed by atoms with van der Waals surface area (Å²) in [5, 5.41) is 41.7. The number of aliphatic hydroxyl groups is 4. The van der Waals surface area contributed by atoms with Crippen molar-refractivity contribution in [2.45, 2.75) is 420 Å². The topological polar surface area (TPSA) is 401 Å². The maximum Gasteiger partial charge on any atom is 0.410 e. The van der Waals surface area contributed by atoms with Crippen LogP contribution in [0.15, 0.2) is 0 Å². The van der Waals surface area contributed by atoms with Gasteiger partial charge in [0.15, 0.2) is 0 Å². The molecule has 0 unspecified atom stereocenters. The van der Waals surface area contributed by atoms with Crippen LogP contribution < -0.4 is 21.7 Å². The van der Waals surface area contributed by atoms with Crippen molar-refractivity contribution in [2.75, 3.05) is 131 Å². The number of carbonyl (C=O) groups is 10. The molecule has 4 aliphatic carbocycles. The SMILES string of the molecule is C.CC(C)(C)N.CC(C)(C)NC(=O)C1CCN(C2CC3(CCN(C(=O)OC(C)(C)C)C3)C2)CC1.CC(C)(C)OC(=O)N1CCC2(CC(=O)C2)C1.CC(C)O.CC(C)O.CC(C)O.CC(C)O.CCOC(=O)C1CCN(C2CC3(CCN(C(=O)OC(C)(C)C)C3)C2)CC1.CCOC(=O)C1CCNCC1.CCOC(=O)Cl.CCOC(=O)N1CCC2(CC(N3CCC(C(=O)NC(C)(C)C)CC3)C2)C1.[Ti]. The molecular weight excluding hydrogens is 1800 g/mol. The number of amides is 6. The van der Waals surface area contributed by atoms with Gasteiger partial charge in [0.25, 0.3) is 0 Å². The molecule has 12 rings (SSSR count). The fourth-order valence-corrected chi connectivity index (χ4v) is 18.5. The molecule has 6 amide bonds. The predicted octanol–water partition coefficient (Wildman–Crippen LogP) is 15.9. The van der Waals surface area contributed by atoms with Gasteiger partial charge in [-0.1, -0.05) is 7.43 Å². The number of piperidine rings is 4. The van der Waals surface area contributed by atoms with E-state index in [0.717, 1.165) is 188 Å². The molecule has 9 N–H and O–H groups in total. The van der Waals surface area contributed by atoms with Crippen LogP contribution in [0, 0.1) is 45.3 Å². The molecule has 0 bridgehead atoms. The zero-order valence-corrected chi connectivity index (χ0v) is 91.8. The predicted molar refractivity (Wildman–Crippen MR) is 534 cm³/mol. The van der Waals surface area contributed by atoms with Gasteiger partial charge in [0, 0.05) is 175 Å². The molecule has 0 aromatic carbocycles. The van der Waals surface area contributed by atoms with Crippen molar-refractivity contribution >= 4 is 70.9 Å². The van der Waals surface area contributed by atoms with Gasteiger partial charge >= 0.3 is 41.7 Å². The summed E-state index contributed by atoms with van der Waals surface area (Å²) in [5.74, 6) is 1.24. The van der Waals surface area contributed by atoms with Crippen LogP contribution >= 0.6 is 11.6 Å². The average Bonchev–Trinajstić information content (AvgIpc) is 1.58. The van der Waals surface area contributed by atoms with E-state index in [0.29, 0.717) is 86.0 Å². The molecule has 34 heteroatoms. The Bertz CT molecular complexity index is 3440. The summed E-state index contributed by atoms with van der Waals surface area (Å²) < 4.78 is 35.7. The van der Waals surface area contributed by atoms with Gasteiger partial charge in [-0.15, -0.1) is 0 Å². The molecule has 0 radical (unpaired) electrons. The van der Waals surface area contributed by atoms with Gasteiger partial charge in [-0.25, -0.2) is 24.0 Å². The third-order valence-corrected chi connectivity index (χ3v) is 24.2. The van der Waals surface area contributed by atoms with Crippen LogP contribution in [0.5, 0.6) is 0 Å². The number of esters is 2. The summed E-state index contributed by atoms with van der Waals surface area (Å²) >= 11 is 4.72. The van der Waals surface area contributed by atoms with E-state index in [1.165, 1.54) is 25.7 Å². The number of Topliss-reactive ketones (excluding diaryl/α,β-unsaturated/α-hetero) is 1. The smallest absolute Gasteiger partial charge is 0.410 e. The molecule has 8 aliphatic heterocycles. The first-order valence-corrected chi connectivity index (χ1v) is 50.6. The van der Waals surface area contributed by atoms with E-state index in [9.17, 15) is 47.9 Å². The summed E-state index contributed by atoms with van der Waals surface area (Å²) in [6.07, 6.45) is 18.6. The molecule has 8 heterocycles. The minimum atomic E-state index is -0.738. The van der Waals surface area contributed by atoms with E-state index in [2.05, 4.69) is 35.4 Å². The third kappa shape index (κ3) is 53.7. The number of ketones is 1. The van der Waals surface area contributed by atoms with Crippen molar-refractivity contribution in [2.24, 2.45) is 51.1 Å². The summed E-state index contributed by atoms with van der Waals surface area (Å²) in [7, 11) is 0. The zero-order valence-electron chi connectivity index (χ0n) is 89.5. The number of aliphatic hydroxyl groups excluding tert-OH is 4. The van der Waals surface area contributed by atoms with Crippen molar-refractivity contribution < 1.29 is 123 Å². The minimum absolute atomic E-state index is 0. The van der Waals surface area contributed by atoms with Crippen LogP contribution in [0.3, 0.4) is 0 Å². The maximum atomic E-state index is 12.4. The van der Waals surface area contributed by atoms with Crippen molar-refractivity contribution in [3.63, 3.8) is 0 Å². The average molecular weight is 1990 g/mol. The van der Waals surface area contributed by atoms with Crippen molar-refractivity contribution in [3.8, 4) is 0 Å². The first kappa shape index (κ1) is 131. The van der Waals surface area contributed by atoms with Gasteiger partial charge in [0.1, 0.15) is 22.6 Å². The molecule has 0 aromatic heterocycles. The van der Waals surface area contributed by atoms with Crippen molar-refractivity contribution in [1.82, 2.24) is 50.2 Å². The van der Waals surface area contributed by atoms with Crippen LogP contribution in [-0.2, 0) is 78.8 Å². The quantitative estimate of drug-likeness (QED) is 0.0412. The van der Waals surface area contributed by atoms with Crippen LogP contribution in [0.2, 0.25) is 0 Å². The normalized spacial score (nSPS) is 23.9. The fourth-order valence-electron chi connectivity index (χ4n) is 18.4. The van der Waals surface area contributed by atoms with Crippen LogP contribution in [0.4, 0.5) is 24.0 Å². The van der Waals surface area contributed by atoms with Gasteiger partial charge in [-0.2, -0.15) is 0 Å². The standard InChI is InChI=1S/C22H39N3O3.C20H35N3O3.C20H34N2O4.C12H19NO3.C8H15NO2.C4H11N.C3H5ClO2.4C3H8O.CH4.Ti/c1-20(2,3)23-18(26)16-7-10-24(11-8-16)17-13-22(14-17)9-12-25(15-22)19(27)28-21(4,5)6;1-5-26-18(25)23-11-8-20(14-23)12-16(13-20)22-9-6-15(7-10-22)17(24)21-19(2,3)4;1-5-25-17(23)15-6-9-21(10-7-15)16-12-20(13-16)8-11-22(14-20)18(24)26-19(2,3)4;1-11(2,3)16-10(15)13-5-4-12(8-13)6-9(14)7-12;1-2-11-8(10)7-3-5-9-6-4-7;1-4(2,3)5;1-2-6-3(4)5;4*1-3(2)4;;/h16-17H,7-15H2,1-6H3,(H,23,26);15-16H,5-14H2,1-4H3,(H,21,24);15-16H,5-14H2,1-4H3;4-8H2,1-3H3;7,9H,2-6H2,1H3;5H2,1-3H3;2H2,1H3;4*3-4H,1-2H3;1H4;. The minimum Gasteiger partial charge on any atom is -0.466 e. The Morgan fingerprint density at radius 1 is 0.390 bits per heavy atom. The van der Waals surface area contributed by atoms with Gasteiger partial charge in [-0.05, 0) is 392 Å². The van der Waals surface area contributed by atoms with Gasteiger partial charge in [0.2, 0.25) is 11.8 Å². The third-order valence-electron chi connectivity index (χ3n) is 24.1. The zero-order chi connectivity index (χ0) is 103. The maximum absolute atomic E-state index is 12.4. The van der Waals surface area contributed by atoms with Crippen LogP contribution in [0.1, 0.15) is 344 Å². The van der Waals surface area contributed by atoms with E-state index in [-0.39, 0.29) is 147 Å². The monoisotopic (exact) mass is 1990 g/mol. The number of rotatable bonds is 11. The molecule has 794 valence electrons. The van der Waals surface area contributed by atoms with Gasteiger partial charge < -0.3 is 110 Å². The molecule has 4 spiro atoms. The molecule has 8 saturated heterocycles. The first-order valence-electron chi connectivity index (χ1n) is 50.2. The summed E-state index contributed by atoms with van der Waals surface area (Å²) in [6.45, 7) is 72.3. The molecule has 0 atom stereocenters. The van der Waals surface area contributed by atoms with E-state index in [1.807, 2.05) is 160 Å². The number of hydrogen-bond donors (Lipinski definition) is 8. The second-order valence-corrected chi connectivity index (χ2v) is 46.6. The van der Waals surface area contributed by atoms with E-state index in [4.69, 9.17) is 66.2 Å². The number of ether oxygens (including phenoxy) is 7. The number of halogens is 1.